The number of thiophene rings is 1. The van der Waals surface area contributed by atoms with Gasteiger partial charge in [-0.1, -0.05) is 30.3 Å². The van der Waals surface area contributed by atoms with E-state index in [1.54, 1.807) is 26.2 Å². The molecule has 0 atom stereocenters. The number of hydrogen-bond donors (Lipinski definition) is 1. The molecule has 1 heterocycles. The molecule has 0 unspecified atom stereocenters. The molecule has 150 valence electrons. The highest BCUT2D eigenvalue weighted by Crippen LogP contribution is 2.36. The summed E-state index contributed by atoms with van der Waals surface area (Å²) >= 11 is 1.27. The monoisotopic (exact) mass is 411 g/mol. The van der Waals surface area contributed by atoms with Crippen LogP contribution in [0, 0.1) is 0 Å². The third-order valence-electron chi connectivity index (χ3n) is 4.04. The van der Waals surface area contributed by atoms with Crippen LogP contribution in [-0.2, 0) is 9.53 Å². The molecular formula is C22H21NO5S. The van der Waals surface area contributed by atoms with Crippen LogP contribution in [0.2, 0.25) is 0 Å². The molecule has 29 heavy (non-hydrogen) atoms. The zero-order chi connectivity index (χ0) is 20.6. The SMILES string of the molecule is CCOC(=O)c1c(-c2ccc(OC)cc2)csc1NC(=O)COc1ccccc1. The third kappa shape index (κ3) is 5.14. The number of hydrogen-bond acceptors (Lipinski definition) is 6. The van der Waals surface area contributed by atoms with Crippen molar-refractivity contribution in [2.75, 3.05) is 25.6 Å². The van der Waals surface area contributed by atoms with Crippen molar-refractivity contribution in [2.24, 2.45) is 0 Å². The lowest BCUT2D eigenvalue weighted by atomic mass is 10.0. The molecule has 0 spiro atoms. The number of rotatable bonds is 8. The van der Waals surface area contributed by atoms with Gasteiger partial charge in [-0.15, -0.1) is 11.3 Å². The fraction of sp³-hybridized carbons (Fsp3) is 0.182. The summed E-state index contributed by atoms with van der Waals surface area (Å²) in [5, 5.41) is 5.01. The minimum Gasteiger partial charge on any atom is -0.497 e. The molecule has 0 saturated heterocycles. The minimum absolute atomic E-state index is 0.165. The first-order valence-electron chi connectivity index (χ1n) is 9.03. The van der Waals surface area contributed by atoms with Crippen LogP contribution < -0.4 is 14.8 Å². The van der Waals surface area contributed by atoms with Crippen LogP contribution in [0.4, 0.5) is 5.00 Å². The molecule has 0 aliphatic carbocycles. The van der Waals surface area contributed by atoms with Crippen LogP contribution in [0.5, 0.6) is 11.5 Å². The first-order chi connectivity index (χ1) is 14.1. The van der Waals surface area contributed by atoms with Crippen molar-refractivity contribution in [3.05, 3.63) is 65.5 Å². The maximum atomic E-state index is 12.6. The number of nitrogens with one attached hydrogen (secondary N) is 1. The van der Waals surface area contributed by atoms with E-state index in [1.807, 2.05) is 47.8 Å². The molecule has 1 N–H and O–H groups in total. The van der Waals surface area contributed by atoms with Crippen LogP contribution in [0.3, 0.4) is 0 Å². The largest absolute Gasteiger partial charge is 0.497 e. The molecule has 0 aliphatic heterocycles. The van der Waals surface area contributed by atoms with Crippen molar-refractivity contribution in [2.45, 2.75) is 6.92 Å². The summed E-state index contributed by atoms with van der Waals surface area (Å²) in [7, 11) is 1.59. The number of carbonyl (C=O) groups is 2. The smallest absolute Gasteiger partial charge is 0.341 e. The van der Waals surface area contributed by atoms with E-state index < -0.39 is 5.97 Å². The average molecular weight is 411 g/mol. The summed E-state index contributed by atoms with van der Waals surface area (Å²) in [6.45, 7) is 1.81. The lowest BCUT2D eigenvalue weighted by Gasteiger charge is -2.10. The normalized spacial score (nSPS) is 10.3. The van der Waals surface area contributed by atoms with E-state index in [4.69, 9.17) is 14.2 Å². The first-order valence-corrected chi connectivity index (χ1v) is 9.91. The molecule has 0 bridgehead atoms. The van der Waals surface area contributed by atoms with Gasteiger partial charge in [-0.05, 0) is 36.8 Å². The number of para-hydroxylation sites is 1. The quantitative estimate of drug-likeness (QED) is 0.548. The van der Waals surface area contributed by atoms with E-state index in [-0.39, 0.29) is 19.1 Å². The van der Waals surface area contributed by atoms with Crippen molar-refractivity contribution < 1.29 is 23.8 Å². The van der Waals surface area contributed by atoms with Gasteiger partial charge in [-0.25, -0.2) is 4.79 Å². The van der Waals surface area contributed by atoms with Gasteiger partial charge in [0.25, 0.3) is 5.91 Å². The van der Waals surface area contributed by atoms with Crippen molar-refractivity contribution in [3.8, 4) is 22.6 Å². The molecule has 6 nitrogen and oxygen atoms in total. The number of ether oxygens (including phenoxy) is 3. The second-order valence-electron chi connectivity index (χ2n) is 5.95. The Bertz CT molecular complexity index is 967. The highest BCUT2D eigenvalue weighted by atomic mass is 32.1. The van der Waals surface area contributed by atoms with Gasteiger partial charge < -0.3 is 19.5 Å². The lowest BCUT2D eigenvalue weighted by molar-refractivity contribution is -0.118. The molecule has 2 aromatic carbocycles. The average Bonchev–Trinajstić information content (AvgIpc) is 3.16. The molecule has 0 radical (unpaired) electrons. The van der Waals surface area contributed by atoms with E-state index in [2.05, 4.69) is 5.32 Å². The number of esters is 1. The van der Waals surface area contributed by atoms with Crippen LogP contribution >= 0.6 is 11.3 Å². The highest BCUT2D eigenvalue weighted by molar-refractivity contribution is 7.15. The molecular weight excluding hydrogens is 390 g/mol. The number of anilines is 1. The Hall–Kier alpha value is -3.32. The molecule has 0 fully saturated rings. The van der Waals surface area contributed by atoms with E-state index >= 15 is 0 Å². The molecule has 0 saturated carbocycles. The van der Waals surface area contributed by atoms with Crippen molar-refractivity contribution >= 4 is 28.2 Å². The van der Waals surface area contributed by atoms with Gasteiger partial charge in [0.05, 0.1) is 13.7 Å². The first kappa shape index (κ1) is 20.4. The maximum absolute atomic E-state index is 12.6. The summed E-state index contributed by atoms with van der Waals surface area (Å²) in [6.07, 6.45) is 0. The predicted octanol–water partition coefficient (Wildman–Crippen LogP) is 4.62. The number of carbonyl (C=O) groups excluding carboxylic acids is 2. The van der Waals surface area contributed by atoms with Crippen LogP contribution in [0.15, 0.2) is 60.0 Å². The fourth-order valence-corrected chi connectivity index (χ4v) is 3.64. The molecule has 1 amide bonds. The van der Waals surface area contributed by atoms with E-state index in [1.165, 1.54) is 11.3 Å². The van der Waals surface area contributed by atoms with Gasteiger partial charge in [-0.2, -0.15) is 0 Å². The van der Waals surface area contributed by atoms with E-state index in [0.717, 1.165) is 5.56 Å². The van der Waals surface area contributed by atoms with E-state index in [0.29, 0.717) is 27.6 Å². The Morgan fingerprint density at radius 2 is 1.72 bits per heavy atom. The Morgan fingerprint density at radius 3 is 2.38 bits per heavy atom. The van der Waals surface area contributed by atoms with Crippen molar-refractivity contribution in [1.29, 1.82) is 0 Å². The zero-order valence-corrected chi connectivity index (χ0v) is 17.0. The fourth-order valence-electron chi connectivity index (χ4n) is 2.67. The Kier molecular flexibility index (Phi) is 6.86. The Morgan fingerprint density at radius 1 is 1.00 bits per heavy atom. The van der Waals surface area contributed by atoms with Gasteiger partial charge >= 0.3 is 5.97 Å². The van der Waals surface area contributed by atoms with Gasteiger partial charge in [0, 0.05) is 10.9 Å². The maximum Gasteiger partial charge on any atom is 0.341 e. The highest BCUT2D eigenvalue weighted by Gasteiger charge is 2.23. The number of amides is 1. The topological polar surface area (TPSA) is 73.9 Å². The van der Waals surface area contributed by atoms with Crippen LogP contribution in [0.25, 0.3) is 11.1 Å². The van der Waals surface area contributed by atoms with Crippen LogP contribution in [-0.4, -0.2) is 32.2 Å². The number of methoxy groups -OCH3 is 1. The summed E-state index contributed by atoms with van der Waals surface area (Å²) in [6, 6.07) is 16.4. The van der Waals surface area contributed by atoms with Gasteiger partial charge in [-0.3, -0.25) is 4.79 Å². The Labute approximate surface area is 173 Å². The summed E-state index contributed by atoms with van der Waals surface area (Å²) in [5.74, 6) is 0.466. The minimum atomic E-state index is -0.487. The second-order valence-corrected chi connectivity index (χ2v) is 6.83. The summed E-state index contributed by atoms with van der Waals surface area (Å²) in [4.78, 5) is 24.9. The molecule has 1 aromatic heterocycles. The summed E-state index contributed by atoms with van der Waals surface area (Å²) in [5.41, 5.74) is 1.84. The van der Waals surface area contributed by atoms with Crippen LogP contribution in [0.1, 0.15) is 17.3 Å². The lowest BCUT2D eigenvalue weighted by Crippen LogP contribution is -2.21. The van der Waals surface area contributed by atoms with Gasteiger partial charge in [0.1, 0.15) is 22.1 Å². The molecule has 7 heteroatoms. The molecule has 3 rings (SSSR count). The van der Waals surface area contributed by atoms with Gasteiger partial charge in [0.15, 0.2) is 6.61 Å². The van der Waals surface area contributed by atoms with Crippen molar-refractivity contribution in [3.63, 3.8) is 0 Å². The summed E-state index contributed by atoms with van der Waals surface area (Å²) < 4.78 is 15.9. The zero-order valence-electron chi connectivity index (χ0n) is 16.1. The predicted molar refractivity (Wildman–Crippen MR) is 113 cm³/mol. The number of benzene rings is 2. The Balaban J connectivity index is 1.81. The molecule has 3 aromatic rings. The van der Waals surface area contributed by atoms with E-state index in [9.17, 15) is 9.59 Å². The standard InChI is InChI=1S/C22H21NO5S/c1-3-27-22(25)20-18(15-9-11-16(26-2)12-10-15)14-29-21(20)23-19(24)13-28-17-7-5-4-6-8-17/h4-12,14H,3,13H2,1-2H3,(H,23,24). The third-order valence-corrected chi connectivity index (χ3v) is 4.93. The molecule has 0 aliphatic rings. The van der Waals surface area contributed by atoms with Gasteiger partial charge in [0.2, 0.25) is 0 Å². The van der Waals surface area contributed by atoms with Crippen molar-refractivity contribution in [1.82, 2.24) is 0 Å². The second kappa shape index (κ2) is 9.75.